The maximum absolute atomic E-state index is 12.3. The molecule has 6 heteroatoms. The van der Waals surface area contributed by atoms with Crippen LogP contribution < -0.4 is 16.4 Å². The molecule has 2 aliphatic rings. The van der Waals surface area contributed by atoms with Crippen molar-refractivity contribution in [1.29, 1.82) is 0 Å². The van der Waals surface area contributed by atoms with Crippen molar-refractivity contribution in [3.05, 3.63) is 23.8 Å². The molecule has 1 unspecified atom stereocenters. The van der Waals surface area contributed by atoms with E-state index >= 15 is 0 Å². The maximum atomic E-state index is 12.3. The van der Waals surface area contributed by atoms with Crippen molar-refractivity contribution < 1.29 is 14.3 Å². The minimum absolute atomic E-state index is 0.0332. The van der Waals surface area contributed by atoms with Gasteiger partial charge in [0.1, 0.15) is 0 Å². The molecule has 1 fully saturated rings. The van der Waals surface area contributed by atoms with Crippen LogP contribution in [0.15, 0.2) is 18.2 Å². The number of benzene rings is 1. The maximum Gasteiger partial charge on any atom is 0.241 e. The monoisotopic (exact) mass is 303 g/mol. The summed E-state index contributed by atoms with van der Waals surface area (Å²) in [6.45, 7) is 1.34. The zero-order valence-electron chi connectivity index (χ0n) is 12.4. The fourth-order valence-corrected chi connectivity index (χ4v) is 2.98. The number of anilines is 2. The number of amides is 2. The van der Waals surface area contributed by atoms with Crippen LogP contribution in [0.4, 0.5) is 11.4 Å². The van der Waals surface area contributed by atoms with Crippen LogP contribution in [0.1, 0.15) is 24.8 Å². The number of carbonyl (C=O) groups is 2. The molecule has 1 atom stereocenters. The largest absolute Gasteiger partial charge is 0.381 e. The summed E-state index contributed by atoms with van der Waals surface area (Å²) in [4.78, 5) is 23.6. The second-order valence-electron chi connectivity index (χ2n) is 5.88. The lowest BCUT2D eigenvalue weighted by atomic mass is 9.92. The van der Waals surface area contributed by atoms with Crippen LogP contribution in [0.3, 0.4) is 0 Å². The molecule has 1 aromatic rings. The molecule has 1 aromatic carbocycles. The van der Waals surface area contributed by atoms with E-state index < -0.39 is 6.04 Å². The average Bonchev–Trinajstić information content (AvgIpc) is 2.55. The Balaban J connectivity index is 1.65. The van der Waals surface area contributed by atoms with Crippen LogP contribution >= 0.6 is 0 Å². The predicted molar refractivity (Wildman–Crippen MR) is 83.5 cm³/mol. The highest BCUT2D eigenvalue weighted by Crippen LogP contribution is 2.26. The quantitative estimate of drug-likeness (QED) is 0.783. The van der Waals surface area contributed by atoms with Gasteiger partial charge in [0.05, 0.1) is 6.04 Å². The Labute approximate surface area is 129 Å². The number of hydrogen-bond acceptors (Lipinski definition) is 4. The van der Waals surface area contributed by atoms with E-state index in [0.717, 1.165) is 29.8 Å². The molecule has 0 bridgehead atoms. The molecule has 0 aliphatic carbocycles. The lowest BCUT2D eigenvalue weighted by Gasteiger charge is -2.27. The summed E-state index contributed by atoms with van der Waals surface area (Å²) < 4.78 is 5.30. The third-order valence-corrected chi connectivity index (χ3v) is 4.34. The number of rotatable bonds is 3. The van der Waals surface area contributed by atoms with Gasteiger partial charge in [0.2, 0.25) is 11.8 Å². The van der Waals surface area contributed by atoms with E-state index in [2.05, 4.69) is 10.6 Å². The molecule has 0 spiro atoms. The van der Waals surface area contributed by atoms with Gasteiger partial charge in [-0.2, -0.15) is 0 Å². The van der Waals surface area contributed by atoms with Gasteiger partial charge in [-0.25, -0.2) is 0 Å². The van der Waals surface area contributed by atoms with E-state index in [1.807, 2.05) is 12.1 Å². The van der Waals surface area contributed by atoms with Gasteiger partial charge in [-0.1, -0.05) is 0 Å². The molecule has 118 valence electrons. The molecule has 0 aromatic heterocycles. The van der Waals surface area contributed by atoms with Crippen LogP contribution in [0.5, 0.6) is 0 Å². The molecule has 4 N–H and O–H groups in total. The number of ether oxygens (including phenoxy) is 1. The average molecular weight is 303 g/mol. The Morgan fingerprint density at radius 3 is 2.86 bits per heavy atom. The Kier molecular flexibility index (Phi) is 4.40. The van der Waals surface area contributed by atoms with E-state index in [0.29, 0.717) is 26.1 Å². The number of fused-ring (bicyclic) bond motifs is 1. The second-order valence-corrected chi connectivity index (χ2v) is 5.88. The summed E-state index contributed by atoms with van der Waals surface area (Å²) in [5.41, 5.74) is 8.66. The van der Waals surface area contributed by atoms with Crippen molar-refractivity contribution in [2.45, 2.75) is 31.7 Å². The topological polar surface area (TPSA) is 93.5 Å². The smallest absolute Gasteiger partial charge is 0.241 e. The number of nitrogens with two attached hydrogens (primary N) is 1. The first kappa shape index (κ1) is 15.0. The number of nitrogens with one attached hydrogen (secondary N) is 2. The fourth-order valence-electron chi connectivity index (χ4n) is 2.98. The van der Waals surface area contributed by atoms with Gasteiger partial charge in [-0.3, -0.25) is 9.59 Å². The summed E-state index contributed by atoms with van der Waals surface area (Å²) >= 11 is 0. The van der Waals surface area contributed by atoms with Gasteiger partial charge in [0, 0.05) is 31.0 Å². The van der Waals surface area contributed by atoms with Gasteiger partial charge < -0.3 is 21.1 Å². The first-order chi connectivity index (χ1) is 10.6. The highest BCUT2D eigenvalue weighted by atomic mass is 16.5. The Hall–Kier alpha value is -1.92. The van der Waals surface area contributed by atoms with Crippen molar-refractivity contribution in [2.75, 3.05) is 23.8 Å². The highest BCUT2D eigenvalue weighted by Gasteiger charge is 2.26. The zero-order chi connectivity index (χ0) is 15.5. The van der Waals surface area contributed by atoms with E-state index in [-0.39, 0.29) is 17.7 Å². The lowest BCUT2D eigenvalue weighted by molar-refractivity contribution is -0.119. The van der Waals surface area contributed by atoms with Crippen molar-refractivity contribution in [3.63, 3.8) is 0 Å². The van der Waals surface area contributed by atoms with Gasteiger partial charge in [0.15, 0.2) is 0 Å². The summed E-state index contributed by atoms with van der Waals surface area (Å²) in [5.74, 6) is 0.0446. The minimum atomic E-state index is -0.514. The van der Waals surface area contributed by atoms with E-state index in [4.69, 9.17) is 10.5 Å². The summed E-state index contributed by atoms with van der Waals surface area (Å²) in [7, 11) is 0. The molecular weight excluding hydrogens is 282 g/mol. The Bertz CT molecular complexity index is 582. The van der Waals surface area contributed by atoms with E-state index in [1.54, 1.807) is 6.07 Å². The van der Waals surface area contributed by atoms with Gasteiger partial charge in [-0.15, -0.1) is 0 Å². The second kappa shape index (κ2) is 6.46. The molecule has 0 radical (unpaired) electrons. The first-order valence-corrected chi connectivity index (χ1v) is 7.70. The number of aryl methyl sites for hydroxylation is 1. The molecule has 22 heavy (non-hydrogen) atoms. The Morgan fingerprint density at radius 2 is 2.09 bits per heavy atom. The molecular formula is C16H21N3O3. The van der Waals surface area contributed by atoms with Crippen molar-refractivity contribution >= 4 is 23.2 Å². The highest BCUT2D eigenvalue weighted by molar-refractivity contribution is 5.97. The first-order valence-electron chi connectivity index (χ1n) is 7.70. The van der Waals surface area contributed by atoms with Crippen LogP contribution in [0.2, 0.25) is 0 Å². The Morgan fingerprint density at radius 1 is 1.32 bits per heavy atom. The third kappa shape index (κ3) is 3.28. The molecule has 3 rings (SSSR count). The van der Waals surface area contributed by atoms with Gasteiger partial charge >= 0.3 is 0 Å². The van der Waals surface area contributed by atoms with Crippen molar-refractivity contribution in [3.8, 4) is 0 Å². The van der Waals surface area contributed by atoms with E-state index in [9.17, 15) is 9.59 Å². The fraction of sp³-hybridized carbons (Fsp3) is 0.500. The minimum Gasteiger partial charge on any atom is -0.381 e. The number of carbonyl (C=O) groups excluding carboxylic acids is 2. The lowest BCUT2D eigenvalue weighted by Crippen LogP contribution is -2.44. The van der Waals surface area contributed by atoms with Gasteiger partial charge in [0.25, 0.3) is 0 Å². The van der Waals surface area contributed by atoms with Gasteiger partial charge in [-0.05, 0) is 48.9 Å². The third-order valence-electron chi connectivity index (χ3n) is 4.34. The normalized spacial score (nSPS) is 20.0. The van der Waals surface area contributed by atoms with Crippen LogP contribution in [-0.2, 0) is 20.7 Å². The number of hydrogen-bond donors (Lipinski definition) is 3. The summed E-state index contributed by atoms with van der Waals surface area (Å²) in [6.07, 6.45) is 2.82. The van der Waals surface area contributed by atoms with Crippen molar-refractivity contribution in [2.24, 2.45) is 11.7 Å². The zero-order valence-corrected chi connectivity index (χ0v) is 12.4. The summed E-state index contributed by atoms with van der Waals surface area (Å²) in [5, 5.41) is 5.71. The molecule has 0 saturated carbocycles. The predicted octanol–water partition coefficient (Wildman–Crippen LogP) is 1.26. The molecule has 2 aliphatic heterocycles. The van der Waals surface area contributed by atoms with Crippen LogP contribution in [0, 0.1) is 5.92 Å². The standard InChI is InChI=1S/C16H21N3O3/c17-15(10-5-7-22-8-6-10)16(21)18-12-2-3-13-11(9-12)1-4-14(20)19-13/h2-3,9-10,15H,1,4-8,17H2,(H,18,21)(H,19,20). The van der Waals surface area contributed by atoms with Crippen LogP contribution in [0.25, 0.3) is 0 Å². The van der Waals surface area contributed by atoms with E-state index in [1.165, 1.54) is 0 Å². The van der Waals surface area contributed by atoms with Crippen LogP contribution in [-0.4, -0.2) is 31.1 Å². The molecule has 6 nitrogen and oxygen atoms in total. The summed E-state index contributed by atoms with van der Waals surface area (Å²) in [6, 6.07) is 5.00. The molecule has 2 amide bonds. The molecule has 2 heterocycles. The SMILES string of the molecule is NC(C(=O)Nc1ccc2c(c1)CCC(=O)N2)C1CCOCC1. The molecule has 1 saturated heterocycles. The van der Waals surface area contributed by atoms with Crippen molar-refractivity contribution in [1.82, 2.24) is 0 Å².